The van der Waals surface area contributed by atoms with Gasteiger partial charge in [0.25, 0.3) is 0 Å². The van der Waals surface area contributed by atoms with Gasteiger partial charge in [0, 0.05) is 19.0 Å². The number of ketones is 1. The van der Waals surface area contributed by atoms with Crippen LogP contribution in [-0.2, 0) is 11.2 Å². The van der Waals surface area contributed by atoms with Gasteiger partial charge in [0.2, 0.25) is 0 Å². The van der Waals surface area contributed by atoms with Crippen LogP contribution in [0.1, 0.15) is 18.9 Å². The first-order valence-electron chi connectivity index (χ1n) is 4.19. The molecule has 0 aliphatic carbocycles. The average molecular weight is 179 g/mol. The number of nitrogens with two attached hydrogens (primary N) is 1. The second-order valence-electron chi connectivity index (χ2n) is 2.77. The Bertz CT molecular complexity index is 281. The molecule has 0 aliphatic heterocycles. The summed E-state index contributed by atoms with van der Waals surface area (Å²) < 4.78 is 0. The normalized spacial score (nSPS) is 9.69. The number of nitrogen functional groups attached to an aromatic ring is 1. The molecule has 0 unspecified atom stereocenters. The van der Waals surface area contributed by atoms with Crippen molar-refractivity contribution in [2.75, 3.05) is 5.43 Å². The molecule has 1 aromatic heterocycles. The van der Waals surface area contributed by atoms with Gasteiger partial charge < -0.3 is 5.43 Å². The molecular weight excluding hydrogens is 166 g/mol. The van der Waals surface area contributed by atoms with Gasteiger partial charge >= 0.3 is 0 Å². The summed E-state index contributed by atoms with van der Waals surface area (Å²) in [5.41, 5.74) is 3.35. The highest BCUT2D eigenvalue weighted by Crippen LogP contribution is 2.05. The van der Waals surface area contributed by atoms with Gasteiger partial charge in [-0.25, -0.2) is 10.8 Å². The number of rotatable bonds is 4. The number of pyridine rings is 1. The molecule has 1 aromatic rings. The van der Waals surface area contributed by atoms with Crippen LogP contribution in [0.2, 0.25) is 0 Å². The number of aromatic nitrogens is 1. The minimum atomic E-state index is 0.218. The molecular formula is C9H13N3O. The lowest BCUT2D eigenvalue weighted by molar-refractivity contribution is -0.118. The van der Waals surface area contributed by atoms with Crippen LogP contribution in [-0.4, -0.2) is 10.8 Å². The molecule has 0 saturated carbocycles. The number of hydrogen-bond donors (Lipinski definition) is 2. The highest BCUT2D eigenvalue weighted by Gasteiger charge is 2.00. The Morgan fingerprint density at radius 1 is 1.62 bits per heavy atom. The largest absolute Gasteiger partial charge is 0.308 e. The summed E-state index contributed by atoms with van der Waals surface area (Å²) >= 11 is 0. The third-order valence-corrected chi connectivity index (χ3v) is 1.77. The van der Waals surface area contributed by atoms with Gasteiger partial charge in [-0.15, -0.1) is 0 Å². The van der Waals surface area contributed by atoms with E-state index in [1.165, 1.54) is 0 Å². The van der Waals surface area contributed by atoms with E-state index in [0.717, 1.165) is 5.56 Å². The van der Waals surface area contributed by atoms with E-state index in [4.69, 9.17) is 5.84 Å². The molecule has 1 heterocycles. The first-order chi connectivity index (χ1) is 6.26. The molecule has 13 heavy (non-hydrogen) atoms. The fourth-order valence-electron chi connectivity index (χ4n) is 0.967. The van der Waals surface area contributed by atoms with Crippen LogP contribution >= 0.6 is 0 Å². The van der Waals surface area contributed by atoms with E-state index in [9.17, 15) is 4.79 Å². The topological polar surface area (TPSA) is 68.0 Å². The van der Waals surface area contributed by atoms with Crippen LogP contribution in [0.15, 0.2) is 18.3 Å². The lowest BCUT2D eigenvalue weighted by Crippen LogP contribution is -2.08. The number of carbonyl (C=O) groups excluding carboxylic acids is 1. The van der Waals surface area contributed by atoms with Gasteiger partial charge in [0.15, 0.2) is 0 Å². The second kappa shape index (κ2) is 4.57. The number of anilines is 1. The van der Waals surface area contributed by atoms with Crippen molar-refractivity contribution in [1.82, 2.24) is 4.98 Å². The first kappa shape index (κ1) is 9.67. The van der Waals surface area contributed by atoms with Crippen molar-refractivity contribution in [3.05, 3.63) is 23.9 Å². The standard InChI is InChI=1S/C9H13N3O/c1-2-8(13)5-7-3-4-9(12-10)11-6-7/h3-4,6H,2,5,10H2,1H3,(H,11,12). The van der Waals surface area contributed by atoms with Crippen molar-refractivity contribution in [1.29, 1.82) is 0 Å². The van der Waals surface area contributed by atoms with E-state index in [1.54, 1.807) is 12.3 Å². The summed E-state index contributed by atoms with van der Waals surface area (Å²) in [4.78, 5) is 15.1. The predicted octanol–water partition coefficient (Wildman–Crippen LogP) is 0.889. The SMILES string of the molecule is CCC(=O)Cc1ccc(NN)nc1. The summed E-state index contributed by atoms with van der Waals surface area (Å²) in [7, 11) is 0. The van der Waals surface area contributed by atoms with Gasteiger partial charge in [-0.1, -0.05) is 13.0 Å². The van der Waals surface area contributed by atoms with E-state index >= 15 is 0 Å². The molecule has 0 fully saturated rings. The van der Waals surface area contributed by atoms with Crippen LogP contribution in [0.5, 0.6) is 0 Å². The molecule has 4 heteroatoms. The molecule has 3 N–H and O–H groups in total. The Morgan fingerprint density at radius 2 is 2.38 bits per heavy atom. The zero-order chi connectivity index (χ0) is 9.68. The third kappa shape index (κ3) is 2.83. The molecule has 70 valence electrons. The molecule has 0 radical (unpaired) electrons. The minimum Gasteiger partial charge on any atom is -0.308 e. The third-order valence-electron chi connectivity index (χ3n) is 1.77. The minimum absolute atomic E-state index is 0.218. The molecule has 0 amide bonds. The number of carbonyl (C=O) groups is 1. The lowest BCUT2D eigenvalue weighted by atomic mass is 10.1. The van der Waals surface area contributed by atoms with Crippen molar-refractivity contribution in [2.24, 2.45) is 5.84 Å². The molecule has 4 nitrogen and oxygen atoms in total. The maximum atomic E-state index is 11.1. The molecule has 0 spiro atoms. The van der Waals surface area contributed by atoms with Gasteiger partial charge in [-0.3, -0.25) is 4.79 Å². The van der Waals surface area contributed by atoms with Crippen LogP contribution in [0.4, 0.5) is 5.82 Å². The second-order valence-corrected chi connectivity index (χ2v) is 2.77. The number of hydrazine groups is 1. The summed E-state index contributed by atoms with van der Waals surface area (Å²) in [5.74, 6) is 5.97. The Kier molecular flexibility index (Phi) is 3.40. The molecule has 0 saturated heterocycles. The van der Waals surface area contributed by atoms with Gasteiger partial charge in [0.05, 0.1) is 0 Å². The van der Waals surface area contributed by atoms with Crippen LogP contribution in [0, 0.1) is 0 Å². The Hall–Kier alpha value is -1.42. The molecule has 0 atom stereocenters. The smallest absolute Gasteiger partial charge is 0.139 e. The van der Waals surface area contributed by atoms with E-state index in [1.807, 2.05) is 13.0 Å². The zero-order valence-corrected chi connectivity index (χ0v) is 7.58. The van der Waals surface area contributed by atoms with Gasteiger partial charge in [0.1, 0.15) is 11.6 Å². The quantitative estimate of drug-likeness (QED) is 0.532. The van der Waals surface area contributed by atoms with Crippen LogP contribution in [0.25, 0.3) is 0 Å². The summed E-state index contributed by atoms with van der Waals surface area (Å²) in [6, 6.07) is 3.59. The summed E-state index contributed by atoms with van der Waals surface area (Å²) in [5, 5.41) is 0. The van der Waals surface area contributed by atoms with E-state index in [2.05, 4.69) is 10.4 Å². The van der Waals surface area contributed by atoms with Crippen molar-refractivity contribution in [2.45, 2.75) is 19.8 Å². The number of Topliss-reactive ketones (excluding diaryl/α,β-unsaturated/α-hetero) is 1. The maximum absolute atomic E-state index is 11.1. The number of nitrogens with one attached hydrogen (secondary N) is 1. The maximum Gasteiger partial charge on any atom is 0.139 e. The highest BCUT2D eigenvalue weighted by atomic mass is 16.1. The molecule has 0 aliphatic rings. The van der Waals surface area contributed by atoms with E-state index in [-0.39, 0.29) is 5.78 Å². The highest BCUT2D eigenvalue weighted by molar-refractivity contribution is 5.80. The van der Waals surface area contributed by atoms with Crippen LogP contribution in [0.3, 0.4) is 0 Å². The first-order valence-corrected chi connectivity index (χ1v) is 4.19. The number of nitrogens with zero attached hydrogens (tertiary/aromatic N) is 1. The van der Waals surface area contributed by atoms with Crippen molar-refractivity contribution in [3.8, 4) is 0 Å². The lowest BCUT2D eigenvalue weighted by Gasteiger charge is -2.00. The fraction of sp³-hybridized carbons (Fsp3) is 0.333. The average Bonchev–Trinajstić information content (AvgIpc) is 2.19. The zero-order valence-electron chi connectivity index (χ0n) is 7.58. The Balaban J connectivity index is 2.64. The predicted molar refractivity (Wildman–Crippen MR) is 51.0 cm³/mol. The monoisotopic (exact) mass is 179 g/mol. The molecule has 1 rings (SSSR count). The Morgan fingerprint density at radius 3 is 2.85 bits per heavy atom. The van der Waals surface area contributed by atoms with E-state index < -0.39 is 0 Å². The Labute approximate surface area is 77.1 Å². The summed E-state index contributed by atoms with van der Waals surface area (Å²) in [6.45, 7) is 1.85. The molecule has 0 aromatic carbocycles. The fourth-order valence-corrected chi connectivity index (χ4v) is 0.967. The van der Waals surface area contributed by atoms with Crippen molar-refractivity contribution < 1.29 is 4.79 Å². The van der Waals surface area contributed by atoms with Gasteiger partial charge in [-0.2, -0.15) is 0 Å². The van der Waals surface area contributed by atoms with Crippen molar-refractivity contribution in [3.63, 3.8) is 0 Å². The number of hydrogen-bond acceptors (Lipinski definition) is 4. The van der Waals surface area contributed by atoms with Gasteiger partial charge in [-0.05, 0) is 11.6 Å². The summed E-state index contributed by atoms with van der Waals surface area (Å²) in [6.07, 6.45) is 2.67. The van der Waals surface area contributed by atoms with Crippen molar-refractivity contribution >= 4 is 11.6 Å². The van der Waals surface area contributed by atoms with E-state index in [0.29, 0.717) is 18.7 Å². The molecule has 0 bridgehead atoms. The van der Waals surface area contributed by atoms with Crippen LogP contribution < -0.4 is 11.3 Å².